The van der Waals surface area contributed by atoms with Crippen LogP contribution in [-0.4, -0.2) is 0 Å². The largest absolute Gasteiger partial charge is 0.0885 e. The van der Waals surface area contributed by atoms with Crippen LogP contribution in [0.2, 0.25) is 0 Å². The van der Waals surface area contributed by atoms with Crippen LogP contribution in [0.3, 0.4) is 0 Å². The van der Waals surface area contributed by atoms with Gasteiger partial charge < -0.3 is 0 Å². The first-order chi connectivity index (χ1) is 7.41. The van der Waals surface area contributed by atoms with Crippen LogP contribution in [0.1, 0.15) is 77.6 Å². The van der Waals surface area contributed by atoms with E-state index in [2.05, 4.69) is 26.0 Å². The van der Waals surface area contributed by atoms with Gasteiger partial charge in [-0.1, -0.05) is 70.9 Å². The van der Waals surface area contributed by atoms with Gasteiger partial charge in [0.15, 0.2) is 0 Å². The smallest absolute Gasteiger partial charge is 0.0351 e. The van der Waals surface area contributed by atoms with Gasteiger partial charge in [0.25, 0.3) is 0 Å². The molecule has 0 fully saturated rings. The summed E-state index contributed by atoms with van der Waals surface area (Å²) in [5.74, 6) is 0. The summed E-state index contributed by atoms with van der Waals surface area (Å²) in [6, 6.07) is 0. The van der Waals surface area contributed by atoms with Gasteiger partial charge >= 0.3 is 0 Å². The molecule has 0 saturated heterocycles. The first-order valence-electron chi connectivity index (χ1n) is 6.86. The van der Waals surface area contributed by atoms with Crippen molar-refractivity contribution in [3.05, 3.63) is 19.1 Å². The highest BCUT2D eigenvalue weighted by Crippen LogP contribution is 2.07. The quantitative estimate of drug-likeness (QED) is 0.303. The fourth-order valence-electron chi connectivity index (χ4n) is 1.72. The number of hydrogen-bond acceptors (Lipinski definition) is 0. The van der Waals surface area contributed by atoms with Gasteiger partial charge in [0.1, 0.15) is 0 Å². The van der Waals surface area contributed by atoms with Crippen molar-refractivity contribution in [1.29, 1.82) is 0 Å². The van der Waals surface area contributed by atoms with E-state index >= 15 is 0 Å². The molecule has 0 unspecified atom stereocenters. The van der Waals surface area contributed by atoms with Crippen molar-refractivity contribution >= 4 is 0 Å². The van der Waals surface area contributed by atoms with E-state index < -0.39 is 0 Å². The van der Waals surface area contributed by atoms with E-state index in [0.29, 0.717) is 0 Å². The van der Waals surface area contributed by atoms with E-state index in [1.54, 1.807) is 0 Å². The highest BCUT2D eigenvalue weighted by atomic mass is 13.9. The van der Waals surface area contributed by atoms with Gasteiger partial charge in [0, 0.05) is 0 Å². The van der Waals surface area contributed by atoms with Crippen molar-refractivity contribution in [3.63, 3.8) is 0 Å². The Labute approximate surface area is 97.2 Å². The minimum Gasteiger partial charge on any atom is -0.0885 e. The van der Waals surface area contributed by atoms with E-state index in [1.807, 2.05) is 0 Å². The maximum Gasteiger partial charge on any atom is -0.0351 e. The molecule has 0 rings (SSSR count). The van der Waals surface area contributed by atoms with Crippen LogP contribution < -0.4 is 0 Å². The molecule has 0 spiro atoms. The molecule has 0 heteroatoms. The third-order valence-electron chi connectivity index (χ3n) is 2.76. The van der Waals surface area contributed by atoms with Crippen LogP contribution in [0.15, 0.2) is 12.2 Å². The van der Waals surface area contributed by atoms with Gasteiger partial charge in [-0.05, 0) is 25.7 Å². The Kier molecular flexibility index (Phi) is 13.5. The predicted molar refractivity (Wildman–Crippen MR) is 71.0 cm³/mol. The van der Waals surface area contributed by atoms with Crippen molar-refractivity contribution in [2.24, 2.45) is 0 Å². The molecule has 0 bridgehead atoms. The average Bonchev–Trinajstić information content (AvgIpc) is 2.26. The molecule has 0 aliphatic carbocycles. The average molecular weight is 209 g/mol. The zero-order valence-electron chi connectivity index (χ0n) is 10.6. The lowest BCUT2D eigenvalue weighted by Gasteiger charge is -1.97. The Morgan fingerprint density at radius 3 is 1.87 bits per heavy atom. The summed E-state index contributed by atoms with van der Waals surface area (Å²) < 4.78 is 0. The summed E-state index contributed by atoms with van der Waals surface area (Å²) in [6.45, 7) is 6.12. The third kappa shape index (κ3) is 13.7. The minimum absolute atomic E-state index is 1.11. The molecule has 0 aromatic carbocycles. The van der Waals surface area contributed by atoms with E-state index in [0.717, 1.165) is 6.42 Å². The lowest BCUT2D eigenvalue weighted by molar-refractivity contribution is 0.621. The summed E-state index contributed by atoms with van der Waals surface area (Å²) in [5, 5.41) is 0. The highest BCUT2D eigenvalue weighted by molar-refractivity contribution is 4.81. The Morgan fingerprint density at radius 1 is 0.733 bits per heavy atom. The van der Waals surface area contributed by atoms with Gasteiger partial charge in [-0.25, -0.2) is 0 Å². The van der Waals surface area contributed by atoms with Crippen LogP contribution in [0.25, 0.3) is 0 Å². The van der Waals surface area contributed by atoms with E-state index in [4.69, 9.17) is 0 Å². The van der Waals surface area contributed by atoms with E-state index in [1.165, 1.54) is 64.2 Å². The topological polar surface area (TPSA) is 0 Å². The minimum atomic E-state index is 1.11. The molecule has 0 nitrogen and oxygen atoms in total. The van der Waals surface area contributed by atoms with Crippen LogP contribution in [0, 0.1) is 6.92 Å². The van der Waals surface area contributed by atoms with Gasteiger partial charge in [-0.15, -0.1) is 0 Å². The third-order valence-corrected chi connectivity index (χ3v) is 2.76. The second-order valence-electron chi connectivity index (χ2n) is 4.38. The van der Waals surface area contributed by atoms with Gasteiger partial charge in [0.2, 0.25) is 0 Å². The van der Waals surface area contributed by atoms with Crippen LogP contribution >= 0.6 is 0 Å². The Hall–Kier alpha value is -0.260. The summed E-state index contributed by atoms with van der Waals surface area (Å²) in [4.78, 5) is 0. The molecule has 0 aromatic rings. The molecule has 0 aliphatic rings. The van der Waals surface area contributed by atoms with Crippen molar-refractivity contribution in [3.8, 4) is 0 Å². The maximum atomic E-state index is 3.86. The second-order valence-corrected chi connectivity index (χ2v) is 4.38. The van der Waals surface area contributed by atoms with Gasteiger partial charge in [-0.3, -0.25) is 0 Å². The highest BCUT2D eigenvalue weighted by Gasteiger charge is 1.88. The number of unbranched alkanes of at least 4 members (excludes halogenated alkanes) is 9. The van der Waals surface area contributed by atoms with E-state index in [9.17, 15) is 0 Å². The predicted octanol–water partition coefficient (Wildman–Crippen LogP) is 5.69. The molecule has 0 aliphatic heterocycles. The maximum absolute atomic E-state index is 3.86. The van der Waals surface area contributed by atoms with Crippen molar-refractivity contribution < 1.29 is 0 Å². The van der Waals surface area contributed by atoms with Gasteiger partial charge in [0.05, 0.1) is 0 Å². The second kappa shape index (κ2) is 13.7. The number of allylic oxidation sites excluding steroid dienone is 2. The molecule has 0 N–H and O–H groups in total. The summed E-state index contributed by atoms with van der Waals surface area (Å²) in [7, 11) is 0. The lowest BCUT2D eigenvalue weighted by atomic mass is 10.1. The Balaban J connectivity index is 2.96. The normalized spacial score (nSPS) is 11.3. The molecule has 0 saturated carbocycles. The van der Waals surface area contributed by atoms with Crippen LogP contribution in [-0.2, 0) is 0 Å². The first kappa shape index (κ1) is 14.7. The van der Waals surface area contributed by atoms with Crippen molar-refractivity contribution in [2.45, 2.75) is 77.6 Å². The lowest BCUT2D eigenvalue weighted by Crippen LogP contribution is -1.78. The van der Waals surface area contributed by atoms with Crippen molar-refractivity contribution in [1.82, 2.24) is 0 Å². The van der Waals surface area contributed by atoms with E-state index in [-0.39, 0.29) is 0 Å². The van der Waals surface area contributed by atoms with Crippen LogP contribution in [0.4, 0.5) is 0 Å². The summed E-state index contributed by atoms with van der Waals surface area (Å²) >= 11 is 0. The van der Waals surface area contributed by atoms with Gasteiger partial charge in [-0.2, -0.15) is 0 Å². The molecule has 0 heterocycles. The Morgan fingerprint density at radius 2 is 1.27 bits per heavy atom. The number of hydrogen-bond donors (Lipinski definition) is 0. The molecule has 0 atom stereocenters. The van der Waals surface area contributed by atoms with Crippen molar-refractivity contribution in [2.75, 3.05) is 0 Å². The molecule has 1 radical (unpaired) electrons. The van der Waals surface area contributed by atoms with Crippen LogP contribution in [0.5, 0.6) is 0 Å². The summed E-state index contributed by atoms with van der Waals surface area (Å²) in [6.07, 6.45) is 19.4. The number of rotatable bonds is 11. The molecular formula is C15H29. The molecule has 15 heavy (non-hydrogen) atoms. The zero-order valence-corrected chi connectivity index (χ0v) is 10.6. The SMILES string of the molecule is [CH2]CCCCCCCC=CCCCCC. The fraction of sp³-hybridized carbons (Fsp3) is 0.800. The monoisotopic (exact) mass is 209 g/mol. The first-order valence-corrected chi connectivity index (χ1v) is 6.86. The molecule has 0 aromatic heterocycles. The fourth-order valence-corrected chi connectivity index (χ4v) is 1.72. The zero-order chi connectivity index (χ0) is 11.2. The summed E-state index contributed by atoms with van der Waals surface area (Å²) in [5.41, 5.74) is 0. The Bertz CT molecular complexity index is 124. The molecular weight excluding hydrogens is 180 g/mol. The molecule has 89 valence electrons. The molecule has 0 amide bonds. The standard InChI is InChI=1S/C15H29/c1-3-5-7-9-11-13-15-14-12-10-8-6-4-2/h12,14H,1,3-11,13,15H2,2H3.